The van der Waals surface area contributed by atoms with Gasteiger partial charge in [-0.1, -0.05) is 30.8 Å². The third kappa shape index (κ3) is 3.92. The quantitative estimate of drug-likeness (QED) is 0.740. The van der Waals surface area contributed by atoms with Crippen molar-refractivity contribution in [3.63, 3.8) is 0 Å². The monoisotopic (exact) mass is 298 g/mol. The minimum absolute atomic E-state index is 0.429. The molecule has 0 fully saturated rings. The van der Waals surface area contributed by atoms with E-state index in [0.717, 1.165) is 24.0 Å². The van der Waals surface area contributed by atoms with E-state index in [4.69, 9.17) is 0 Å². The second-order valence-electron chi connectivity index (χ2n) is 5.35. The van der Waals surface area contributed by atoms with Crippen molar-refractivity contribution < 1.29 is 5.11 Å². The highest BCUT2D eigenvalue weighted by Crippen LogP contribution is 2.34. The average molecular weight is 298 g/mol. The zero-order valence-corrected chi connectivity index (χ0v) is 13.8. The lowest BCUT2D eigenvalue weighted by molar-refractivity contribution is 0.464. The van der Waals surface area contributed by atoms with Crippen molar-refractivity contribution in [1.29, 1.82) is 0 Å². The van der Waals surface area contributed by atoms with Crippen LogP contribution in [0.2, 0.25) is 0 Å². The Morgan fingerprint density at radius 3 is 2.48 bits per heavy atom. The number of phenolic OH excluding ortho intramolecular Hbond substituents is 1. The number of hydrogen-bond acceptors (Lipinski definition) is 2. The summed E-state index contributed by atoms with van der Waals surface area (Å²) < 4.78 is 0. The van der Waals surface area contributed by atoms with Crippen LogP contribution in [0.3, 0.4) is 0 Å². The highest BCUT2D eigenvalue weighted by Gasteiger charge is 2.07. The van der Waals surface area contributed by atoms with E-state index < -0.39 is 0 Å². The maximum atomic E-state index is 10.0. The van der Waals surface area contributed by atoms with Crippen molar-refractivity contribution in [3.8, 4) is 5.75 Å². The zero-order chi connectivity index (χ0) is 15.4. The Morgan fingerprint density at radius 1 is 1.10 bits per heavy atom. The highest BCUT2D eigenvalue weighted by molar-refractivity contribution is 7.99. The number of aromatic hydroxyl groups is 1. The maximum absolute atomic E-state index is 10.0. The highest BCUT2D eigenvalue weighted by atomic mass is 32.2. The second kappa shape index (κ2) is 6.86. The van der Waals surface area contributed by atoms with E-state index >= 15 is 0 Å². The summed E-state index contributed by atoms with van der Waals surface area (Å²) in [5.41, 5.74) is 4.51. The summed E-state index contributed by atoms with van der Waals surface area (Å²) in [6.45, 7) is 9.95. The fourth-order valence-corrected chi connectivity index (χ4v) is 3.61. The van der Waals surface area contributed by atoms with Crippen LogP contribution in [-0.4, -0.2) is 5.11 Å². The molecule has 0 aromatic heterocycles. The number of phenols is 1. The van der Waals surface area contributed by atoms with E-state index in [1.165, 1.54) is 20.9 Å². The molecule has 0 saturated heterocycles. The summed E-state index contributed by atoms with van der Waals surface area (Å²) in [4.78, 5) is 2.41. The number of hydrogen-bond donors (Lipinski definition) is 1. The Morgan fingerprint density at radius 2 is 1.81 bits per heavy atom. The number of rotatable bonds is 5. The predicted octanol–water partition coefficient (Wildman–Crippen LogP) is 5.45. The number of benzene rings is 2. The van der Waals surface area contributed by atoms with Crippen molar-refractivity contribution in [1.82, 2.24) is 0 Å². The lowest BCUT2D eigenvalue weighted by Gasteiger charge is -2.10. The SMILES string of the molecule is C=CCc1cc(C)cc(Sc2cc(C)c(O)c(CC)c2)c1. The largest absolute Gasteiger partial charge is 0.507 e. The summed E-state index contributed by atoms with van der Waals surface area (Å²) in [7, 11) is 0. The first-order valence-corrected chi connectivity index (χ1v) is 8.07. The molecule has 0 aliphatic heterocycles. The molecule has 0 aliphatic carbocycles. The molecule has 0 radical (unpaired) electrons. The van der Waals surface area contributed by atoms with E-state index in [1.807, 2.05) is 13.0 Å². The van der Waals surface area contributed by atoms with Gasteiger partial charge in [0.2, 0.25) is 0 Å². The van der Waals surface area contributed by atoms with Crippen molar-refractivity contribution in [3.05, 3.63) is 65.2 Å². The number of allylic oxidation sites excluding steroid dienone is 1. The molecule has 0 aliphatic rings. The molecule has 2 aromatic rings. The van der Waals surface area contributed by atoms with Crippen LogP contribution in [0.15, 0.2) is 52.8 Å². The van der Waals surface area contributed by atoms with Gasteiger partial charge in [0.15, 0.2) is 0 Å². The van der Waals surface area contributed by atoms with E-state index in [1.54, 1.807) is 11.8 Å². The van der Waals surface area contributed by atoms with Gasteiger partial charge >= 0.3 is 0 Å². The van der Waals surface area contributed by atoms with Gasteiger partial charge in [0, 0.05) is 9.79 Å². The summed E-state index contributed by atoms with van der Waals surface area (Å²) in [5, 5.41) is 10.0. The number of aryl methyl sites for hydroxylation is 3. The van der Waals surface area contributed by atoms with Crippen LogP contribution in [0.1, 0.15) is 29.2 Å². The topological polar surface area (TPSA) is 20.2 Å². The van der Waals surface area contributed by atoms with Gasteiger partial charge in [-0.2, -0.15) is 0 Å². The Bertz CT molecular complexity index is 659. The average Bonchev–Trinajstić information content (AvgIpc) is 2.42. The van der Waals surface area contributed by atoms with Crippen LogP contribution in [0.4, 0.5) is 0 Å². The van der Waals surface area contributed by atoms with Crippen LogP contribution < -0.4 is 0 Å². The van der Waals surface area contributed by atoms with Gasteiger partial charge in [-0.25, -0.2) is 0 Å². The Labute approximate surface area is 131 Å². The van der Waals surface area contributed by atoms with Gasteiger partial charge in [0.25, 0.3) is 0 Å². The fourth-order valence-electron chi connectivity index (χ4n) is 2.45. The Kier molecular flexibility index (Phi) is 5.13. The molecule has 0 amide bonds. The zero-order valence-electron chi connectivity index (χ0n) is 12.9. The molecule has 0 unspecified atom stereocenters. The van der Waals surface area contributed by atoms with E-state index in [9.17, 15) is 5.11 Å². The smallest absolute Gasteiger partial charge is 0.121 e. The van der Waals surface area contributed by atoms with Gasteiger partial charge in [0.1, 0.15) is 5.75 Å². The van der Waals surface area contributed by atoms with Crippen LogP contribution in [0, 0.1) is 13.8 Å². The first kappa shape index (κ1) is 15.7. The van der Waals surface area contributed by atoms with Gasteiger partial charge in [-0.05, 0) is 73.2 Å². The van der Waals surface area contributed by atoms with Crippen molar-refractivity contribution in [2.75, 3.05) is 0 Å². The summed E-state index contributed by atoms with van der Waals surface area (Å²) in [5.74, 6) is 0.429. The minimum Gasteiger partial charge on any atom is -0.507 e. The van der Waals surface area contributed by atoms with E-state index in [-0.39, 0.29) is 0 Å². The summed E-state index contributed by atoms with van der Waals surface area (Å²) >= 11 is 1.75. The van der Waals surface area contributed by atoms with Crippen LogP contribution in [0.25, 0.3) is 0 Å². The standard InChI is InChI=1S/C19H22OS/c1-5-7-15-8-13(3)9-17(11-15)21-18-10-14(4)19(20)16(6-2)12-18/h5,8-12,20H,1,6-7H2,2-4H3. The lowest BCUT2D eigenvalue weighted by atomic mass is 10.1. The molecule has 0 saturated carbocycles. The van der Waals surface area contributed by atoms with Crippen LogP contribution in [-0.2, 0) is 12.8 Å². The molecule has 2 rings (SSSR count). The molecule has 0 bridgehead atoms. The summed E-state index contributed by atoms with van der Waals surface area (Å²) in [6, 6.07) is 10.8. The van der Waals surface area contributed by atoms with Crippen molar-refractivity contribution in [2.24, 2.45) is 0 Å². The molecule has 1 nitrogen and oxygen atoms in total. The van der Waals surface area contributed by atoms with Gasteiger partial charge < -0.3 is 5.11 Å². The molecule has 21 heavy (non-hydrogen) atoms. The Balaban J connectivity index is 2.33. The molecule has 1 N–H and O–H groups in total. The maximum Gasteiger partial charge on any atom is 0.121 e. The summed E-state index contributed by atoms with van der Waals surface area (Å²) in [6.07, 6.45) is 3.67. The molecular formula is C19H22OS. The minimum atomic E-state index is 0.429. The molecule has 2 aromatic carbocycles. The van der Waals surface area contributed by atoms with E-state index in [0.29, 0.717) is 5.75 Å². The molecule has 0 spiro atoms. The van der Waals surface area contributed by atoms with Gasteiger partial charge in [0.05, 0.1) is 0 Å². The van der Waals surface area contributed by atoms with Crippen molar-refractivity contribution >= 4 is 11.8 Å². The van der Waals surface area contributed by atoms with Gasteiger partial charge in [-0.3, -0.25) is 0 Å². The third-order valence-electron chi connectivity index (χ3n) is 3.46. The normalized spacial score (nSPS) is 10.6. The third-order valence-corrected chi connectivity index (χ3v) is 4.40. The van der Waals surface area contributed by atoms with Crippen LogP contribution in [0.5, 0.6) is 5.75 Å². The lowest BCUT2D eigenvalue weighted by Crippen LogP contribution is -1.88. The fraction of sp³-hybridized carbons (Fsp3) is 0.263. The van der Waals surface area contributed by atoms with Crippen LogP contribution >= 0.6 is 11.8 Å². The molecule has 0 heterocycles. The Hall–Kier alpha value is -1.67. The second-order valence-corrected chi connectivity index (χ2v) is 6.50. The van der Waals surface area contributed by atoms with E-state index in [2.05, 4.69) is 50.8 Å². The molecule has 0 atom stereocenters. The molecular weight excluding hydrogens is 276 g/mol. The first-order chi connectivity index (χ1) is 10.0. The van der Waals surface area contributed by atoms with Crippen molar-refractivity contribution in [2.45, 2.75) is 43.4 Å². The molecule has 2 heteroatoms. The molecule has 110 valence electrons. The predicted molar refractivity (Wildman–Crippen MR) is 91.4 cm³/mol. The van der Waals surface area contributed by atoms with Gasteiger partial charge in [-0.15, -0.1) is 6.58 Å². The first-order valence-electron chi connectivity index (χ1n) is 7.25.